The Morgan fingerprint density at radius 1 is 1.17 bits per heavy atom. The second-order valence-electron chi connectivity index (χ2n) is 4.97. The first-order valence-electron chi connectivity index (χ1n) is 7.00. The van der Waals surface area contributed by atoms with Gasteiger partial charge in [0.15, 0.2) is 0 Å². The van der Waals surface area contributed by atoms with Crippen molar-refractivity contribution < 1.29 is 4.74 Å². The molecule has 112 valence electrons. The molecular weight excluding hydrogens is 290 g/mol. The van der Waals surface area contributed by atoms with Gasteiger partial charge in [-0.3, -0.25) is 9.78 Å². The number of pyridine rings is 2. The van der Waals surface area contributed by atoms with E-state index < -0.39 is 5.56 Å². The van der Waals surface area contributed by atoms with Crippen LogP contribution >= 0.6 is 0 Å². The number of nitriles is 1. The third kappa shape index (κ3) is 2.97. The monoisotopic (exact) mass is 303 g/mol. The Morgan fingerprint density at radius 2 is 2.00 bits per heavy atom. The Kier molecular flexibility index (Phi) is 3.89. The molecule has 0 amide bonds. The number of benzene rings is 1. The normalized spacial score (nSPS) is 10.1. The lowest BCUT2D eigenvalue weighted by Gasteiger charge is -2.12. The van der Waals surface area contributed by atoms with Crippen LogP contribution in [-0.2, 0) is 0 Å². The van der Waals surface area contributed by atoms with Crippen molar-refractivity contribution in [2.75, 3.05) is 0 Å². The van der Waals surface area contributed by atoms with Crippen molar-refractivity contribution in [2.24, 2.45) is 0 Å². The quantitative estimate of drug-likeness (QED) is 0.804. The summed E-state index contributed by atoms with van der Waals surface area (Å²) in [5.74, 6) is 1.14. The number of nitrogens with one attached hydrogen (secondary N) is 1. The lowest BCUT2D eigenvalue weighted by Crippen LogP contribution is -2.12. The Morgan fingerprint density at radius 3 is 2.74 bits per heavy atom. The van der Waals surface area contributed by atoms with Gasteiger partial charge in [-0.15, -0.1) is 0 Å². The van der Waals surface area contributed by atoms with Crippen LogP contribution in [0.15, 0.2) is 59.7 Å². The molecule has 5 nitrogen and oxygen atoms in total. The van der Waals surface area contributed by atoms with Gasteiger partial charge in [0.2, 0.25) is 0 Å². The van der Waals surface area contributed by atoms with Crippen LogP contribution < -0.4 is 10.3 Å². The average molecular weight is 303 g/mol. The predicted molar refractivity (Wildman–Crippen MR) is 86.3 cm³/mol. The molecule has 3 aromatic rings. The van der Waals surface area contributed by atoms with E-state index in [0.717, 1.165) is 0 Å². The fourth-order valence-corrected chi connectivity index (χ4v) is 2.32. The van der Waals surface area contributed by atoms with Crippen molar-refractivity contribution in [3.63, 3.8) is 0 Å². The summed E-state index contributed by atoms with van der Waals surface area (Å²) in [6.07, 6.45) is 3.26. The molecule has 0 aliphatic carbocycles. The highest BCUT2D eigenvalue weighted by atomic mass is 16.5. The fraction of sp³-hybridized carbons (Fsp3) is 0.0556. The lowest BCUT2D eigenvalue weighted by atomic mass is 10.00. The maximum Gasteiger partial charge on any atom is 0.266 e. The van der Waals surface area contributed by atoms with Gasteiger partial charge in [-0.25, -0.2) is 0 Å². The highest BCUT2D eigenvalue weighted by Gasteiger charge is 2.14. The number of para-hydroxylation sites is 1. The number of H-pyrrole nitrogens is 1. The molecule has 0 saturated carbocycles. The van der Waals surface area contributed by atoms with Crippen molar-refractivity contribution >= 4 is 0 Å². The van der Waals surface area contributed by atoms with Crippen molar-refractivity contribution in [3.05, 3.63) is 76.5 Å². The number of nitrogens with zero attached hydrogens (tertiary/aromatic N) is 2. The largest absolute Gasteiger partial charge is 0.455 e. The molecule has 5 heteroatoms. The molecule has 0 saturated heterocycles. The van der Waals surface area contributed by atoms with E-state index in [-0.39, 0.29) is 5.56 Å². The first-order chi connectivity index (χ1) is 11.2. The number of aryl methyl sites for hydroxylation is 1. The zero-order valence-corrected chi connectivity index (χ0v) is 12.4. The molecule has 23 heavy (non-hydrogen) atoms. The van der Waals surface area contributed by atoms with E-state index in [0.29, 0.717) is 28.3 Å². The molecule has 2 aromatic heterocycles. The zero-order chi connectivity index (χ0) is 16.2. The van der Waals surface area contributed by atoms with E-state index in [1.807, 2.05) is 24.3 Å². The number of hydrogen-bond donors (Lipinski definition) is 1. The summed E-state index contributed by atoms with van der Waals surface area (Å²) in [4.78, 5) is 18.7. The minimum absolute atomic E-state index is 0.0674. The molecule has 0 bridgehead atoms. The number of rotatable bonds is 3. The smallest absolute Gasteiger partial charge is 0.266 e. The topological polar surface area (TPSA) is 78.8 Å². The molecule has 1 N–H and O–H groups in total. The highest BCUT2D eigenvalue weighted by Crippen LogP contribution is 2.34. The van der Waals surface area contributed by atoms with E-state index >= 15 is 0 Å². The van der Waals surface area contributed by atoms with Gasteiger partial charge in [0, 0.05) is 23.0 Å². The van der Waals surface area contributed by atoms with Crippen LogP contribution in [0.2, 0.25) is 0 Å². The van der Waals surface area contributed by atoms with Gasteiger partial charge in [0.05, 0.1) is 6.20 Å². The fourth-order valence-electron chi connectivity index (χ4n) is 2.32. The molecule has 2 heterocycles. The summed E-state index contributed by atoms with van der Waals surface area (Å²) in [5, 5.41) is 9.31. The van der Waals surface area contributed by atoms with Gasteiger partial charge in [-0.1, -0.05) is 18.2 Å². The maximum atomic E-state index is 12.0. The minimum atomic E-state index is -0.404. The number of ether oxygens (including phenoxy) is 1. The van der Waals surface area contributed by atoms with Crippen LogP contribution in [0.25, 0.3) is 11.1 Å². The van der Waals surface area contributed by atoms with Crippen LogP contribution in [0.1, 0.15) is 11.3 Å². The Bertz CT molecular complexity index is 940. The van der Waals surface area contributed by atoms with Gasteiger partial charge >= 0.3 is 0 Å². The lowest BCUT2D eigenvalue weighted by molar-refractivity contribution is 0.482. The zero-order valence-electron chi connectivity index (χ0n) is 12.4. The van der Waals surface area contributed by atoms with Crippen molar-refractivity contribution in [3.8, 4) is 28.7 Å². The number of hydrogen-bond acceptors (Lipinski definition) is 4. The Balaban J connectivity index is 2.16. The molecule has 0 atom stereocenters. The third-order valence-corrected chi connectivity index (χ3v) is 3.32. The molecule has 0 spiro atoms. The number of aromatic amines is 1. The van der Waals surface area contributed by atoms with E-state index in [1.54, 1.807) is 43.6 Å². The standard InChI is InChI=1S/C18H13N3O2/c1-12-9-15(16(10-19)18(22)21-12)14-6-2-3-7-17(14)23-13-5-4-8-20-11-13/h2-9,11H,1H3,(H,21,22). The third-order valence-electron chi connectivity index (χ3n) is 3.32. The van der Waals surface area contributed by atoms with Gasteiger partial charge < -0.3 is 9.72 Å². The first kappa shape index (κ1) is 14.5. The molecule has 3 rings (SSSR count). The second kappa shape index (κ2) is 6.16. The van der Waals surface area contributed by atoms with Crippen LogP contribution in [0.3, 0.4) is 0 Å². The summed E-state index contributed by atoms with van der Waals surface area (Å²) < 4.78 is 5.86. The molecule has 0 aliphatic rings. The summed E-state index contributed by atoms with van der Waals surface area (Å²) in [6.45, 7) is 1.77. The van der Waals surface area contributed by atoms with Crippen LogP contribution in [-0.4, -0.2) is 9.97 Å². The second-order valence-corrected chi connectivity index (χ2v) is 4.97. The summed E-state index contributed by atoms with van der Waals surface area (Å²) >= 11 is 0. The van der Waals surface area contributed by atoms with Gasteiger partial charge in [-0.05, 0) is 31.2 Å². The maximum absolute atomic E-state index is 12.0. The molecule has 0 unspecified atom stereocenters. The van der Waals surface area contributed by atoms with Crippen molar-refractivity contribution in [1.82, 2.24) is 9.97 Å². The van der Waals surface area contributed by atoms with E-state index in [2.05, 4.69) is 9.97 Å². The molecule has 0 radical (unpaired) electrons. The van der Waals surface area contributed by atoms with Gasteiger partial charge in [0.25, 0.3) is 5.56 Å². The predicted octanol–water partition coefficient (Wildman–Crippen LogP) is 3.41. The first-order valence-corrected chi connectivity index (χ1v) is 7.00. The minimum Gasteiger partial charge on any atom is -0.455 e. The summed E-state index contributed by atoms with van der Waals surface area (Å²) in [5.41, 5.74) is 1.58. The van der Waals surface area contributed by atoms with Crippen molar-refractivity contribution in [1.29, 1.82) is 5.26 Å². The highest BCUT2D eigenvalue weighted by molar-refractivity contribution is 5.75. The van der Waals surface area contributed by atoms with Crippen LogP contribution in [0, 0.1) is 18.3 Å². The van der Waals surface area contributed by atoms with Crippen molar-refractivity contribution in [2.45, 2.75) is 6.92 Å². The molecule has 1 aromatic carbocycles. The average Bonchev–Trinajstić information content (AvgIpc) is 2.56. The number of aromatic nitrogens is 2. The molecule has 0 aliphatic heterocycles. The SMILES string of the molecule is Cc1cc(-c2ccccc2Oc2cccnc2)c(C#N)c(=O)[nH]1. The Hall–Kier alpha value is -3.39. The van der Waals surface area contributed by atoms with E-state index in [9.17, 15) is 10.1 Å². The van der Waals surface area contributed by atoms with Crippen LogP contribution in [0.5, 0.6) is 11.5 Å². The molecular formula is C18H13N3O2. The van der Waals surface area contributed by atoms with Gasteiger partial charge in [0.1, 0.15) is 23.1 Å². The van der Waals surface area contributed by atoms with E-state index in [1.165, 1.54) is 0 Å². The van der Waals surface area contributed by atoms with Gasteiger partial charge in [-0.2, -0.15) is 5.26 Å². The van der Waals surface area contributed by atoms with E-state index in [4.69, 9.17) is 4.74 Å². The van der Waals surface area contributed by atoms with Crippen LogP contribution in [0.4, 0.5) is 0 Å². The molecule has 0 fully saturated rings. The Labute approximate surface area is 132 Å². The summed E-state index contributed by atoms with van der Waals surface area (Å²) in [6, 6.07) is 14.6. The summed E-state index contributed by atoms with van der Waals surface area (Å²) in [7, 11) is 0.